The molecule has 0 bridgehead atoms. The summed E-state index contributed by atoms with van der Waals surface area (Å²) < 4.78 is 4.95. The van der Waals surface area contributed by atoms with E-state index in [1.54, 1.807) is 7.11 Å². The maximum atomic E-state index is 9.78. The summed E-state index contributed by atoms with van der Waals surface area (Å²) in [5.41, 5.74) is 1.00. The second kappa shape index (κ2) is 6.57. The highest BCUT2D eigenvalue weighted by molar-refractivity contribution is 5.16. The van der Waals surface area contributed by atoms with Crippen LogP contribution in [0.25, 0.3) is 0 Å². The zero-order chi connectivity index (χ0) is 10.2. The summed E-state index contributed by atoms with van der Waals surface area (Å²) in [6.07, 6.45) is 2.51. The fourth-order valence-corrected chi connectivity index (χ4v) is 1.43. The molecule has 0 aliphatic heterocycles. The van der Waals surface area contributed by atoms with Crippen molar-refractivity contribution in [1.29, 1.82) is 0 Å². The number of rotatable bonds is 6. The number of unbranched alkanes of at least 4 members (excludes halogenated alkanes) is 1. The molecule has 1 unspecified atom stereocenters. The zero-order valence-electron chi connectivity index (χ0n) is 8.65. The molecule has 1 atom stereocenters. The molecule has 0 saturated heterocycles. The average Bonchev–Trinajstić information content (AvgIpc) is 2.25. The van der Waals surface area contributed by atoms with E-state index in [1.807, 2.05) is 30.3 Å². The van der Waals surface area contributed by atoms with Gasteiger partial charge >= 0.3 is 0 Å². The summed E-state index contributed by atoms with van der Waals surface area (Å²) in [6, 6.07) is 9.78. The molecule has 0 heterocycles. The molecule has 0 saturated carbocycles. The Morgan fingerprint density at radius 2 is 1.93 bits per heavy atom. The van der Waals surface area contributed by atoms with Gasteiger partial charge in [-0.1, -0.05) is 30.3 Å². The summed E-state index contributed by atoms with van der Waals surface area (Å²) in [6.45, 7) is 0.779. The molecule has 14 heavy (non-hydrogen) atoms. The minimum absolute atomic E-state index is 0.326. The van der Waals surface area contributed by atoms with Gasteiger partial charge < -0.3 is 9.84 Å². The molecular formula is C12H18O2. The van der Waals surface area contributed by atoms with Crippen LogP contribution in [0.2, 0.25) is 0 Å². The van der Waals surface area contributed by atoms with Gasteiger partial charge in [-0.25, -0.2) is 0 Å². The standard InChI is InChI=1S/C12H18O2/c1-14-10-6-5-9-12(13)11-7-3-2-4-8-11/h2-4,7-8,12-13H,5-6,9-10H2,1H3. The van der Waals surface area contributed by atoms with E-state index in [-0.39, 0.29) is 6.10 Å². The molecule has 2 nitrogen and oxygen atoms in total. The van der Waals surface area contributed by atoms with Crippen molar-refractivity contribution in [3.05, 3.63) is 35.9 Å². The van der Waals surface area contributed by atoms with Gasteiger partial charge in [-0.2, -0.15) is 0 Å². The van der Waals surface area contributed by atoms with Gasteiger partial charge in [0.2, 0.25) is 0 Å². The van der Waals surface area contributed by atoms with Gasteiger partial charge in [0.25, 0.3) is 0 Å². The Kier molecular flexibility index (Phi) is 5.27. The first-order valence-corrected chi connectivity index (χ1v) is 5.06. The van der Waals surface area contributed by atoms with Crippen LogP contribution in [0.5, 0.6) is 0 Å². The number of hydrogen-bond donors (Lipinski definition) is 1. The van der Waals surface area contributed by atoms with Crippen LogP contribution in [0, 0.1) is 0 Å². The Hall–Kier alpha value is -0.860. The van der Waals surface area contributed by atoms with Crippen molar-refractivity contribution < 1.29 is 9.84 Å². The Bertz CT molecular complexity index is 233. The van der Waals surface area contributed by atoms with E-state index in [2.05, 4.69) is 0 Å². The molecule has 1 rings (SSSR count). The molecule has 0 aliphatic carbocycles. The lowest BCUT2D eigenvalue weighted by atomic mass is 10.0. The van der Waals surface area contributed by atoms with Crippen LogP contribution in [-0.4, -0.2) is 18.8 Å². The molecule has 0 aliphatic rings. The van der Waals surface area contributed by atoms with Crippen LogP contribution in [0.3, 0.4) is 0 Å². The lowest BCUT2D eigenvalue weighted by Gasteiger charge is -2.10. The van der Waals surface area contributed by atoms with Crippen LogP contribution >= 0.6 is 0 Å². The number of ether oxygens (including phenoxy) is 1. The predicted molar refractivity (Wildman–Crippen MR) is 57.1 cm³/mol. The molecule has 0 aromatic heterocycles. The monoisotopic (exact) mass is 194 g/mol. The van der Waals surface area contributed by atoms with Gasteiger partial charge in [-0.05, 0) is 24.8 Å². The molecule has 0 radical (unpaired) electrons. The normalized spacial score (nSPS) is 12.7. The van der Waals surface area contributed by atoms with Crippen molar-refractivity contribution in [2.45, 2.75) is 25.4 Å². The van der Waals surface area contributed by atoms with Gasteiger partial charge in [0.1, 0.15) is 0 Å². The Balaban J connectivity index is 2.25. The first kappa shape index (κ1) is 11.2. The van der Waals surface area contributed by atoms with Crippen LogP contribution in [-0.2, 0) is 4.74 Å². The SMILES string of the molecule is COCCCCC(O)c1ccccc1. The van der Waals surface area contributed by atoms with E-state index in [9.17, 15) is 5.11 Å². The van der Waals surface area contributed by atoms with Crippen LogP contribution in [0.4, 0.5) is 0 Å². The highest BCUT2D eigenvalue weighted by atomic mass is 16.5. The molecule has 1 N–H and O–H groups in total. The van der Waals surface area contributed by atoms with Crippen molar-refractivity contribution in [2.75, 3.05) is 13.7 Å². The Morgan fingerprint density at radius 3 is 2.57 bits per heavy atom. The third-order valence-corrected chi connectivity index (χ3v) is 2.26. The Morgan fingerprint density at radius 1 is 1.21 bits per heavy atom. The fraction of sp³-hybridized carbons (Fsp3) is 0.500. The summed E-state index contributed by atoms with van der Waals surface area (Å²) >= 11 is 0. The summed E-state index contributed by atoms with van der Waals surface area (Å²) in [5.74, 6) is 0. The molecular weight excluding hydrogens is 176 g/mol. The highest BCUT2D eigenvalue weighted by Crippen LogP contribution is 2.18. The molecule has 0 amide bonds. The predicted octanol–water partition coefficient (Wildman–Crippen LogP) is 2.54. The van der Waals surface area contributed by atoms with E-state index in [1.165, 1.54) is 0 Å². The molecule has 78 valence electrons. The second-order valence-electron chi connectivity index (χ2n) is 3.42. The van der Waals surface area contributed by atoms with E-state index in [0.29, 0.717) is 0 Å². The quantitative estimate of drug-likeness (QED) is 0.705. The minimum atomic E-state index is -0.326. The third-order valence-electron chi connectivity index (χ3n) is 2.26. The van der Waals surface area contributed by atoms with Crippen molar-refractivity contribution in [3.8, 4) is 0 Å². The fourth-order valence-electron chi connectivity index (χ4n) is 1.43. The third kappa shape index (κ3) is 3.90. The van der Waals surface area contributed by atoms with Gasteiger partial charge in [0, 0.05) is 13.7 Å². The van der Waals surface area contributed by atoms with Crippen molar-refractivity contribution in [2.24, 2.45) is 0 Å². The van der Waals surface area contributed by atoms with Gasteiger partial charge in [-0.3, -0.25) is 0 Å². The van der Waals surface area contributed by atoms with Gasteiger partial charge in [0.05, 0.1) is 6.10 Å². The lowest BCUT2D eigenvalue weighted by molar-refractivity contribution is 0.151. The lowest BCUT2D eigenvalue weighted by Crippen LogP contribution is -1.98. The first-order chi connectivity index (χ1) is 6.84. The van der Waals surface area contributed by atoms with Crippen LogP contribution in [0.1, 0.15) is 30.9 Å². The first-order valence-electron chi connectivity index (χ1n) is 5.06. The van der Waals surface area contributed by atoms with E-state index < -0.39 is 0 Å². The summed E-state index contributed by atoms with van der Waals surface area (Å²) in [5, 5.41) is 9.78. The zero-order valence-corrected chi connectivity index (χ0v) is 8.65. The molecule has 1 aromatic rings. The maximum absolute atomic E-state index is 9.78. The molecule has 0 fully saturated rings. The number of aliphatic hydroxyl groups is 1. The van der Waals surface area contributed by atoms with Crippen molar-refractivity contribution in [1.82, 2.24) is 0 Å². The van der Waals surface area contributed by atoms with Crippen molar-refractivity contribution in [3.63, 3.8) is 0 Å². The van der Waals surface area contributed by atoms with E-state index in [4.69, 9.17) is 4.74 Å². The number of methoxy groups -OCH3 is 1. The van der Waals surface area contributed by atoms with Gasteiger partial charge in [0.15, 0.2) is 0 Å². The summed E-state index contributed by atoms with van der Waals surface area (Å²) in [7, 11) is 1.70. The van der Waals surface area contributed by atoms with E-state index >= 15 is 0 Å². The molecule has 1 aromatic carbocycles. The number of hydrogen-bond acceptors (Lipinski definition) is 2. The molecule has 0 spiro atoms. The van der Waals surface area contributed by atoms with Crippen LogP contribution < -0.4 is 0 Å². The van der Waals surface area contributed by atoms with Crippen molar-refractivity contribution >= 4 is 0 Å². The van der Waals surface area contributed by atoms with E-state index in [0.717, 1.165) is 31.4 Å². The van der Waals surface area contributed by atoms with Crippen LogP contribution in [0.15, 0.2) is 30.3 Å². The summed E-state index contributed by atoms with van der Waals surface area (Å²) in [4.78, 5) is 0. The Labute approximate surface area is 85.5 Å². The topological polar surface area (TPSA) is 29.5 Å². The smallest absolute Gasteiger partial charge is 0.0790 e. The largest absolute Gasteiger partial charge is 0.388 e. The highest BCUT2D eigenvalue weighted by Gasteiger charge is 2.05. The minimum Gasteiger partial charge on any atom is -0.388 e. The average molecular weight is 194 g/mol. The number of aliphatic hydroxyl groups excluding tert-OH is 1. The van der Waals surface area contributed by atoms with Gasteiger partial charge in [-0.15, -0.1) is 0 Å². The maximum Gasteiger partial charge on any atom is 0.0790 e. The molecule has 2 heteroatoms. The number of benzene rings is 1. The second-order valence-corrected chi connectivity index (χ2v) is 3.42.